The Morgan fingerprint density at radius 1 is 1.45 bits per heavy atom. The second-order valence-corrected chi connectivity index (χ2v) is 6.37. The Balaban J connectivity index is 4.41. The molecular weight excluding hydrogens is 284 g/mol. The first kappa shape index (κ1) is 20.6. The zero-order valence-corrected chi connectivity index (χ0v) is 14.2. The van der Waals surface area contributed by atoms with Gasteiger partial charge in [-0.15, -0.1) is 0 Å². The molecule has 6 heteroatoms. The van der Waals surface area contributed by atoms with Gasteiger partial charge in [0.25, 0.3) is 0 Å². The van der Waals surface area contributed by atoms with Crippen molar-refractivity contribution in [1.29, 1.82) is 5.26 Å². The van der Waals surface area contributed by atoms with Crippen LogP contribution in [0.5, 0.6) is 0 Å². The van der Waals surface area contributed by atoms with Gasteiger partial charge in [0.1, 0.15) is 11.6 Å². The molecule has 0 saturated carbocycles. The largest absolute Gasteiger partial charge is 0.477 e. The maximum Gasteiger partial charge on any atom is 0.346 e. The summed E-state index contributed by atoms with van der Waals surface area (Å²) in [7, 11) is 1.77. The van der Waals surface area contributed by atoms with Gasteiger partial charge in [0.05, 0.1) is 5.60 Å². The molecule has 0 aromatic heterocycles. The van der Waals surface area contributed by atoms with Gasteiger partial charge in [-0.05, 0) is 46.6 Å². The third-order valence-corrected chi connectivity index (χ3v) is 3.31. The monoisotopic (exact) mass is 312 g/mol. The van der Waals surface area contributed by atoms with Crippen LogP contribution in [0.2, 0.25) is 0 Å². The second-order valence-electron chi connectivity index (χ2n) is 6.37. The number of allylic oxidation sites excluding steroid dienone is 1. The molecule has 0 amide bonds. The molecule has 0 aliphatic carbocycles. The molecule has 0 aliphatic heterocycles. The van der Waals surface area contributed by atoms with Gasteiger partial charge < -0.3 is 14.9 Å². The van der Waals surface area contributed by atoms with Crippen LogP contribution in [0.1, 0.15) is 47.0 Å². The van der Waals surface area contributed by atoms with Crippen LogP contribution < -0.4 is 0 Å². The molecule has 1 unspecified atom stereocenters. The van der Waals surface area contributed by atoms with E-state index in [1.807, 2.05) is 27.7 Å². The lowest BCUT2D eigenvalue weighted by atomic mass is 9.97. The van der Waals surface area contributed by atoms with Gasteiger partial charge in [-0.25, -0.2) is 4.79 Å². The number of nitriles is 1. The van der Waals surface area contributed by atoms with Crippen LogP contribution in [0, 0.1) is 17.2 Å². The first-order valence-corrected chi connectivity index (χ1v) is 7.50. The van der Waals surface area contributed by atoms with E-state index in [0.717, 1.165) is 12.8 Å². The van der Waals surface area contributed by atoms with Crippen LogP contribution in [-0.4, -0.2) is 46.7 Å². The first-order valence-electron chi connectivity index (χ1n) is 7.50. The number of carboxylic acids is 1. The number of ether oxygens (including phenoxy) is 1. The highest BCUT2D eigenvalue weighted by Gasteiger charge is 2.20. The normalized spacial score (nSPS) is 15.5. The average Bonchev–Trinajstić information content (AvgIpc) is 2.40. The predicted octanol–water partition coefficient (Wildman–Crippen LogP) is 2.35. The Morgan fingerprint density at radius 3 is 2.45 bits per heavy atom. The van der Waals surface area contributed by atoms with Gasteiger partial charge in [0.2, 0.25) is 6.41 Å². The van der Waals surface area contributed by atoms with Crippen molar-refractivity contribution >= 4 is 5.97 Å². The van der Waals surface area contributed by atoms with Crippen molar-refractivity contribution in [2.24, 2.45) is 5.92 Å². The fourth-order valence-electron chi connectivity index (χ4n) is 1.86. The van der Waals surface area contributed by atoms with Gasteiger partial charge >= 0.3 is 5.97 Å². The minimum absolute atomic E-state index is 0.220. The van der Waals surface area contributed by atoms with Crippen molar-refractivity contribution in [3.05, 3.63) is 11.6 Å². The number of hydrogen-bond donors (Lipinski definition) is 2. The Morgan fingerprint density at radius 2 is 2.05 bits per heavy atom. The number of carbonyl (C=O) groups is 1. The molecule has 0 saturated heterocycles. The summed E-state index contributed by atoms with van der Waals surface area (Å²) in [6.07, 6.45) is 2.70. The number of hydrogen-bond acceptors (Lipinski definition) is 5. The minimum atomic E-state index is -1.19. The number of nitrogens with zero attached hydrogens (tertiary/aromatic N) is 2. The zero-order chi connectivity index (χ0) is 17.3. The lowest BCUT2D eigenvalue weighted by Gasteiger charge is -2.30. The first-order chi connectivity index (χ1) is 10.1. The fraction of sp³-hybridized carbons (Fsp3) is 0.750. The summed E-state index contributed by atoms with van der Waals surface area (Å²) in [5.41, 5.74) is -0.646. The number of aliphatic carboxylic acids is 1. The maximum atomic E-state index is 10.8. The lowest BCUT2D eigenvalue weighted by molar-refractivity contribution is -0.233. The van der Waals surface area contributed by atoms with Crippen molar-refractivity contribution in [3.63, 3.8) is 0 Å². The molecular formula is C16H28N2O4. The third kappa shape index (κ3) is 8.78. The number of carboxylic acid groups (broad SMARTS) is 1. The van der Waals surface area contributed by atoms with E-state index < -0.39 is 18.0 Å². The van der Waals surface area contributed by atoms with Crippen LogP contribution in [-0.2, 0) is 9.53 Å². The van der Waals surface area contributed by atoms with Gasteiger partial charge in [-0.3, -0.25) is 4.90 Å². The van der Waals surface area contributed by atoms with Gasteiger partial charge in [-0.1, -0.05) is 19.4 Å². The molecule has 0 aromatic carbocycles. The molecule has 2 atom stereocenters. The zero-order valence-electron chi connectivity index (χ0n) is 14.2. The molecule has 0 bridgehead atoms. The molecule has 0 rings (SSSR count). The van der Waals surface area contributed by atoms with Crippen LogP contribution >= 0.6 is 0 Å². The third-order valence-electron chi connectivity index (χ3n) is 3.31. The van der Waals surface area contributed by atoms with E-state index in [9.17, 15) is 9.90 Å². The molecule has 126 valence electrons. The molecule has 22 heavy (non-hydrogen) atoms. The van der Waals surface area contributed by atoms with Crippen LogP contribution in [0.25, 0.3) is 0 Å². The van der Waals surface area contributed by atoms with Crippen molar-refractivity contribution in [2.75, 3.05) is 13.6 Å². The summed E-state index contributed by atoms with van der Waals surface area (Å²) in [6.45, 7) is 8.27. The van der Waals surface area contributed by atoms with Crippen LogP contribution in [0.15, 0.2) is 11.6 Å². The summed E-state index contributed by atoms with van der Waals surface area (Å²) in [5.74, 6) is -0.935. The van der Waals surface area contributed by atoms with Crippen molar-refractivity contribution in [2.45, 2.75) is 59.0 Å². The molecule has 2 N–H and O–H groups in total. The summed E-state index contributed by atoms with van der Waals surface area (Å²) in [5, 5.41) is 27.5. The van der Waals surface area contributed by atoms with E-state index in [2.05, 4.69) is 0 Å². The highest BCUT2D eigenvalue weighted by Crippen LogP contribution is 2.17. The SMILES string of the molecule is CCC(C/C=C(/C#N)C(=O)O)CCN(C)[C@@H](O)OC(C)(C)C. The summed E-state index contributed by atoms with van der Waals surface area (Å²) in [4.78, 5) is 12.5. The summed E-state index contributed by atoms with van der Waals surface area (Å²) in [6, 6.07) is 1.68. The van der Waals surface area contributed by atoms with E-state index in [-0.39, 0.29) is 11.5 Å². The van der Waals surface area contributed by atoms with E-state index in [0.29, 0.717) is 13.0 Å². The molecule has 6 nitrogen and oxygen atoms in total. The number of rotatable bonds is 9. The van der Waals surface area contributed by atoms with Crippen LogP contribution in [0.3, 0.4) is 0 Å². The average molecular weight is 312 g/mol. The summed E-state index contributed by atoms with van der Waals surface area (Å²) < 4.78 is 5.46. The summed E-state index contributed by atoms with van der Waals surface area (Å²) >= 11 is 0. The topological polar surface area (TPSA) is 93.8 Å². The molecule has 0 fully saturated rings. The van der Waals surface area contributed by atoms with E-state index in [1.165, 1.54) is 6.08 Å². The highest BCUT2D eigenvalue weighted by molar-refractivity contribution is 5.90. The van der Waals surface area contributed by atoms with Gasteiger partial charge in [0.15, 0.2) is 0 Å². The Bertz CT molecular complexity index is 421. The van der Waals surface area contributed by atoms with Crippen molar-refractivity contribution in [1.82, 2.24) is 4.90 Å². The molecule has 0 radical (unpaired) electrons. The van der Waals surface area contributed by atoms with Crippen molar-refractivity contribution in [3.8, 4) is 6.07 Å². The molecule has 0 heterocycles. The predicted molar refractivity (Wildman–Crippen MR) is 83.8 cm³/mol. The quantitative estimate of drug-likeness (QED) is 0.385. The fourth-order valence-corrected chi connectivity index (χ4v) is 1.86. The van der Waals surface area contributed by atoms with Gasteiger partial charge in [-0.2, -0.15) is 5.26 Å². The van der Waals surface area contributed by atoms with E-state index >= 15 is 0 Å². The van der Waals surface area contributed by atoms with Crippen molar-refractivity contribution < 1.29 is 19.7 Å². The molecule has 0 aromatic rings. The Kier molecular flexibility index (Phi) is 8.95. The second kappa shape index (κ2) is 9.57. The number of aliphatic hydroxyl groups excluding tert-OH is 1. The standard InChI is InChI=1S/C16H28N2O4/c1-6-12(7-8-13(11-17)14(19)20)9-10-18(5)15(21)22-16(2,3)4/h8,12,15,21H,6-7,9-10H2,1-5H3,(H,19,20)/b13-8-/t12?,15-/m0/s1. The smallest absolute Gasteiger partial charge is 0.346 e. The Labute approximate surface area is 133 Å². The Hall–Kier alpha value is -1.42. The van der Waals surface area contributed by atoms with Gasteiger partial charge in [0, 0.05) is 6.54 Å². The maximum absolute atomic E-state index is 10.8. The van der Waals surface area contributed by atoms with E-state index in [4.69, 9.17) is 15.1 Å². The van der Waals surface area contributed by atoms with E-state index in [1.54, 1.807) is 18.0 Å². The minimum Gasteiger partial charge on any atom is -0.477 e. The number of aliphatic hydroxyl groups is 1. The molecule has 0 aliphatic rings. The van der Waals surface area contributed by atoms with Crippen LogP contribution in [0.4, 0.5) is 0 Å². The highest BCUT2D eigenvalue weighted by atomic mass is 16.6. The lowest BCUT2D eigenvalue weighted by Crippen LogP contribution is -2.40. The molecule has 0 spiro atoms.